The zero-order valence-corrected chi connectivity index (χ0v) is 17.1. The second-order valence-corrected chi connectivity index (χ2v) is 7.80. The first-order valence-electron chi connectivity index (χ1n) is 10.2. The number of rotatable bonds is 7. The Kier molecular flexibility index (Phi) is 6.23. The highest BCUT2D eigenvalue weighted by molar-refractivity contribution is 5.95. The van der Waals surface area contributed by atoms with Gasteiger partial charge in [0.05, 0.1) is 19.4 Å². The van der Waals surface area contributed by atoms with Crippen molar-refractivity contribution in [2.75, 3.05) is 33.4 Å². The molecule has 2 heterocycles. The quantitative estimate of drug-likeness (QED) is 0.692. The molecule has 2 aliphatic rings. The third-order valence-electron chi connectivity index (χ3n) is 5.37. The van der Waals surface area contributed by atoms with Gasteiger partial charge in [-0.1, -0.05) is 12.1 Å². The van der Waals surface area contributed by atoms with E-state index in [1.807, 2.05) is 24.3 Å². The first kappa shape index (κ1) is 20.3. The van der Waals surface area contributed by atoms with Crippen LogP contribution in [-0.2, 0) is 16.1 Å². The largest absolute Gasteiger partial charge is 0.497 e. The summed E-state index contributed by atoms with van der Waals surface area (Å²) in [7, 11) is 1.62. The van der Waals surface area contributed by atoms with E-state index in [-0.39, 0.29) is 30.2 Å². The summed E-state index contributed by atoms with van der Waals surface area (Å²) in [6.07, 6.45) is 6.53. The Balaban J connectivity index is 1.51. The smallest absolute Gasteiger partial charge is 0.274 e. The zero-order chi connectivity index (χ0) is 20.9. The molecular weight excluding hydrogens is 384 g/mol. The lowest BCUT2D eigenvalue weighted by molar-refractivity contribution is -0.132. The van der Waals surface area contributed by atoms with Crippen molar-refractivity contribution in [3.8, 4) is 5.75 Å². The maximum absolute atomic E-state index is 13.0. The van der Waals surface area contributed by atoms with Gasteiger partial charge in [-0.05, 0) is 36.5 Å². The molecule has 30 heavy (non-hydrogen) atoms. The SMILES string of the molecule is COc1cccc(CN2C[C@H](OCC3CC3)CN(C(=O)c3cnccn3)CC2=O)c1. The van der Waals surface area contributed by atoms with E-state index in [1.54, 1.807) is 12.0 Å². The van der Waals surface area contributed by atoms with E-state index in [0.717, 1.165) is 11.3 Å². The molecule has 2 fully saturated rings. The standard InChI is InChI=1S/C22H26N4O4/c1-29-18-4-2-3-17(9-18)11-25-12-19(30-15-16-5-6-16)13-26(14-21(25)27)22(28)20-10-23-7-8-24-20/h2-4,7-10,16,19H,5-6,11-15H2,1H3/t19-/m0/s1. The van der Waals surface area contributed by atoms with Crippen LogP contribution in [0.25, 0.3) is 0 Å². The summed E-state index contributed by atoms with van der Waals surface area (Å²) < 4.78 is 11.4. The van der Waals surface area contributed by atoms with E-state index in [9.17, 15) is 9.59 Å². The molecule has 158 valence electrons. The van der Waals surface area contributed by atoms with Crippen molar-refractivity contribution >= 4 is 11.8 Å². The summed E-state index contributed by atoms with van der Waals surface area (Å²) in [5.74, 6) is 0.919. The fraction of sp³-hybridized carbons (Fsp3) is 0.455. The Hall–Kier alpha value is -3.00. The highest BCUT2D eigenvalue weighted by Gasteiger charge is 2.33. The first-order chi connectivity index (χ1) is 14.6. The van der Waals surface area contributed by atoms with Gasteiger partial charge in [-0.25, -0.2) is 4.98 Å². The fourth-order valence-corrected chi connectivity index (χ4v) is 3.51. The van der Waals surface area contributed by atoms with Crippen molar-refractivity contribution in [2.24, 2.45) is 5.92 Å². The van der Waals surface area contributed by atoms with Crippen LogP contribution >= 0.6 is 0 Å². The number of methoxy groups -OCH3 is 1. The summed E-state index contributed by atoms with van der Waals surface area (Å²) >= 11 is 0. The predicted octanol–water partition coefficient (Wildman–Crippen LogP) is 1.76. The van der Waals surface area contributed by atoms with Crippen LogP contribution in [0.5, 0.6) is 5.75 Å². The van der Waals surface area contributed by atoms with Gasteiger partial charge in [-0.15, -0.1) is 0 Å². The van der Waals surface area contributed by atoms with Crippen molar-refractivity contribution in [1.82, 2.24) is 19.8 Å². The van der Waals surface area contributed by atoms with Gasteiger partial charge >= 0.3 is 0 Å². The van der Waals surface area contributed by atoms with Gasteiger partial charge in [0, 0.05) is 38.6 Å². The highest BCUT2D eigenvalue weighted by atomic mass is 16.5. The molecule has 0 N–H and O–H groups in total. The lowest BCUT2D eigenvalue weighted by atomic mass is 10.2. The average Bonchev–Trinajstić information content (AvgIpc) is 3.61. The summed E-state index contributed by atoms with van der Waals surface area (Å²) in [5.41, 5.74) is 1.20. The molecule has 0 spiro atoms. The molecule has 1 saturated carbocycles. The molecule has 0 unspecified atom stereocenters. The van der Waals surface area contributed by atoms with E-state index in [4.69, 9.17) is 9.47 Å². The number of nitrogens with zero attached hydrogens (tertiary/aromatic N) is 4. The number of carbonyl (C=O) groups is 2. The lowest BCUT2D eigenvalue weighted by Gasteiger charge is -2.25. The monoisotopic (exact) mass is 410 g/mol. The van der Waals surface area contributed by atoms with Crippen LogP contribution in [0, 0.1) is 5.92 Å². The van der Waals surface area contributed by atoms with E-state index in [1.165, 1.54) is 36.3 Å². The number of amides is 2. The Morgan fingerprint density at radius 3 is 2.83 bits per heavy atom. The van der Waals surface area contributed by atoms with Gasteiger partial charge in [0.1, 0.15) is 18.0 Å². The van der Waals surface area contributed by atoms with Crippen molar-refractivity contribution < 1.29 is 19.1 Å². The second-order valence-electron chi connectivity index (χ2n) is 7.80. The van der Waals surface area contributed by atoms with E-state index in [0.29, 0.717) is 32.2 Å². The number of ether oxygens (including phenoxy) is 2. The molecule has 8 nitrogen and oxygen atoms in total. The third kappa shape index (κ3) is 5.13. The Bertz CT molecular complexity index is 888. The molecular formula is C22H26N4O4. The van der Waals surface area contributed by atoms with Crippen molar-refractivity contribution in [3.63, 3.8) is 0 Å². The maximum atomic E-state index is 13.0. The molecule has 1 atom stereocenters. The molecule has 2 aromatic rings. The zero-order valence-electron chi connectivity index (χ0n) is 17.1. The first-order valence-corrected chi connectivity index (χ1v) is 10.2. The maximum Gasteiger partial charge on any atom is 0.274 e. The molecule has 4 rings (SSSR count). The molecule has 0 bridgehead atoms. The minimum absolute atomic E-state index is 0.0112. The Morgan fingerprint density at radius 1 is 1.23 bits per heavy atom. The van der Waals surface area contributed by atoms with Gasteiger partial charge in [0.25, 0.3) is 5.91 Å². The number of hydrogen-bond donors (Lipinski definition) is 0. The topological polar surface area (TPSA) is 84.9 Å². The summed E-state index contributed by atoms with van der Waals surface area (Å²) in [6, 6.07) is 7.65. The van der Waals surface area contributed by atoms with Crippen LogP contribution in [0.3, 0.4) is 0 Å². The van der Waals surface area contributed by atoms with Crippen LogP contribution < -0.4 is 4.74 Å². The Labute approximate surface area is 175 Å². The van der Waals surface area contributed by atoms with Crippen LogP contribution in [0.4, 0.5) is 0 Å². The van der Waals surface area contributed by atoms with Gasteiger partial charge in [-0.3, -0.25) is 14.6 Å². The fourth-order valence-electron chi connectivity index (χ4n) is 3.51. The van der Waals surface area contributed by atoms with Crippen LogP contribution in [0.2, 0.25) is 0 Å². The molecule has 1 aromatic carbocycles. The van der Waals surface area contributed by atoms with Crippen LogP contribution in [-0.4, -0.2) is 71.0 Å². The average molecular weight is 410 g/mol. The molecule has 1 saturated heterocycles. The molecule has 1 aliphatic carbocycles. The number of aromatic nitrogens is 2. The minimum atomic E-state index is -0.306. The van der Waals surface area contributed by atoms with Crippen molar-refractivity contribution in [1.29, 1.82) is 0 Å². The van der Waals surface area contributed by atoms with E-state index < -0.39 is 0 Å². The minimum Gasteiger partial charge on any atom is -0.497 e. The predicted molar refractivity (Wildman–Crippen MR) is 109 cm³/mol. The van der Waals surface area contributed by atoms with Crippen LogP contribution in [0.15, 0.2) is 42.9 Å². The molecule has 8 heteroatoms. The molecule has 0 radical (unpaired) electrons. The number of benzene rings is 1. The summed E-state index contributed by atoms with van der Waals surface area (Å²) in [6.45, 7) is 1.88. The molecule has 2 amide bonds. The lowest BCUT2D eigenvalue weighted by Crippen LogP contribution is -2.40. The normalized spacial score (nSPS) is 19.5. The third-order valence-corrected chi connectivity index (χ3v) is 5.37. The van der Waals surface area contributed by atoms with Crippen molar-refractivity contribution in [2.45, 2.75) is 25.5 Å². The number of hydrogen-bond acceptors (Lipinski definition) is 6. The molecule has 1 aliphatic heterocycles. The second kappa shape index (κ2) is 9.21. The van der Waals surface area contributed by atoms with Crippen molar-refractivity contribution in [3.05, 3.63) is 54.1 Å². The molecule has 1 aromatic heterocycles. The van der Waals surface area contributed by atoms with E-state index in [2.05, 4.69) is 9.97 Å². The summed E-state index contributed by atoms with van der Waals surface area (Å²) in [4.78, 5) is 37.3. The number of carbonyl (C=O) groups excluding carboxylic acids is 2. The van der Waals surface area contributed by atoms with E-state index >= 15 is 0 Å². The highest BCUT2D eigenvalue weighted by Crippen LogP contribution is 2.29. The van der Waals surface area contributed by atoms with Crippen LogP contribution in [0.1, 0.15) is 28.9 Å². The summed E-state index contributed by atoms with van der Waals surface area (Å²) in [5, 5.41) is 0. The van der Waals surface area contributed by atoms with Gasteiger partial charge in [-0.2, -0.15) is 0 Å². The Morgan fingerprint density at radius 2 is 2.10 bits per heavy atom. The van der Waals surface area contributed by atoms with Gasteiger partial charge in [0.15, 0.2) is 0 Å². The van der Waals surface area contributed by atoms with Gasteiger partial charge in [0.2, 0.25) is 5.91 Å². The van der Waals surface area contributed by atoms with Gasteiger partial charge < -0.3 is 19.3 Å².